The zero-order valence-electron chi connectivity index (χ0n) is 30.1. The summed E-state index contributed by atoms with van der Waals surface area (Å²) < 4.78 is 22.2. The summed E-state index contributed by atoms with van der Waals surface area (Å²) in [4.78, 5) is 56.9. The van der Waals surface area contributed by atoms with Gasteiger partial charge in [-0.3, -0.25) is 14.7 Å². The van der Waals surface area contributed by atoms with Gasteiger partial charge in [0, 0.05) is 36.2 Å². The number of unbranched alkanes of at least 4 members (excludes halogenated alkanes) is 2. The first-order valence-electron chi connectivity index (χ1n) is 18.2. The molecule has 0 saturated carbocycles. The first kappa shape index (κ1) is 38.1. The van der Waals surface area contributed by atoms with E-state index in [1.807, 2.05) is 30.3 Å². The molecule has 3 aromatic carbocycles. The number of piperidine rings is 3. The highest BCUT2D eigenvalue weighted by atomic mass is 16.6. The second kappa shape index (κ2) is 17.9. The highest BCUT2D eigenvalue weighted by Gasteiger charge is 2.44. The van der Waals surface area contributed by atoms with Crippen LogP contribution in [-0.4, -0.2) is 64.6 Å². The van der Waals surface area contributed by atoms with Gasteiger partial charge in [0.15, 0.2) is 0 Å². The van der Waals surface area contributed by atoms with Crippen molar-refractivity contribution in [2.45, 2.75) is 57.3 Å². The van der Waals surface area contributed by atoms with Crippen LogP contribution in [0.1, 0.15) is 76.5 Å². The molecule has 4 aromatic rings. The molecule has 4 heterocycles. The molecule has 280 valence electrons. The number of fused-ring (bicyclic) bond motifs is 4. The number of aromatic nitrogens is 1. The number of hydrogen-bond donors (Lipinski definition) is 1. The van der Waals surface area contributed by atoms with Gasteiger partial charge in [0.1, 0.15) is 17.6 Å². The minimum absolute atomic E-state index is 0.0468. The number of aliphatic hydroxyl groups excluding tert-OH is 1. The Morgan fingerprint density at radius 2 is 1.61 bits per heavy atom. The molecule has 1 N–H and O–H groups in total. The predicted molar refractivity (Wildman–Crippen MR) is 201 cm³/mol. The summed E-state index contributed by atoms with van der Waals surface area (Å²) in [5, 5.41) is 10.7. The van der Waals surface area contributed by atoms with Crippen molar-refractivity contribution in [2.75, 3.05) is 19.7 Å². The van der Waals surface area contributed by atoms with Crippen LogP contribution in [0.2, 0.25) is 0 Å². The number of pyridine rings is 1. The van der Waals surface area contributed by atoms with Crippen LogP contribution >= 0.6 is 0 Å². The van der Waals surface area contributed by atoms with E-state index >= 15 is 0 Å². The van der Waals surface area contributed by atoms with E-state index in [9.17, 15) is 24.3 Å². The second-order valence-corrected chi connectivity index (χ2v) is 13.6. The van der Waals surface area contributed by atoms with E-state index in [0.717, 1.165) is 54.0 Å². The molecular weight excluding hydrogens is 688 g/mol. The van der Waals surface area contributed by atoms with Crippen LogP contribution in [0.25, 0.3) is 10.9 Å². The number of carbonyl (C=O) groups excluding carboxylic acids is 4. The van der Waals surface area contributed by atoms with Gasteiger partial charge < -0.3 is 24.1 Å². The van der Waals surface area contributed by atoms with Crippen molar-refractivity contribution >= 4 is 34.8 Å². The monoisotopic (exact) mass is 732 g/mol. The van der Waals surface area contributed by atoms with Crippen molar-refractivity contribution in [3.05, 3.63) is 127 Å². The van der Waals surface area contributed by atoms with E-state index in [1.165, 1.54) is 24.3 Å². The molecule has 0 amide bonds. The highest BCUT2D eigenvalue weighted by molar-refractivity contribution is 5.92. The van der Waals surface area contributed by atoms with Crippen LogP contribution < -0.4 is 9.47 Å². The Morgan fingerprint density at radius 1 is 0.889 bits per heavy atom. The van der Waals surface area contributed by atoms with Crippen molar-refractivity contribution in [2.24, 2.45) is 11.8 Å². The third-order valence-corrected chi connectivity index (χ3v) is 10.1. The zero-order valence-corrected chi connectivity index (χ0v) is 30.1. The van der Waals surface area contributed by atoms with E-state index < -0.39 is 30.0 Å². The van der Waals surface area contributed by atoms with E-state index in [-0.39, 0.29) is 37.0 Å². The van der Waals surface area contributed by atoms with E-state index in [2.05, 4.69) is 23.0 Å². The molecule has 1 aromatic heterocycles. The Kier molecular flexibility index (Phi) is 12.6. The smallest absolute Gasteiger partial charge is 0.343 e. The minimum Gasteiger partial charge on any atom is -0.463 e. The van der Waals surface area contributed by atoms with Crippen LogP contribution in [-0.2, 0) is 25.7 Å². The van der Waals surface area contributed by atoms with E-state index in [0.29, 0.717) is 42.4 Å². The van der Waals surface area contributed by atoms with Crippen LogP contribution in [0, 0.1) is 11.8 Å². The van der Waals surface area contributed by atoms with Crippen LogP contribution in [0.15, 0.2) is 104 Å². The van der Waals surface area contributed by atoms with E-state index in [1.54, 1.807) is 30.5 Å². The third kappa shape index (κ3) is 9.28. The number of nitrogens with zero attached hydrogens (tertiary/aromatic N) is 2. The summed E-state index contributed by atoms with van der Waals surface area (Å²) in [5.41, 5.74) is 2.88. The first-order valence-corrected chi connectivity index (χ1v) is 18.2. The van der Waals surface area contributed by atoms with Gasteiger partial charge in [0.25, 0.3) is 0 Å². The molecule has 2 bridgehead atoms. The van der Waals surface area contributed by atoms with Gasteiger partial charge >= 0.3 is 23.9 Å². The quantitative estimate of drug-likeness (QED) is 0.0421. The maximum atomic E-state index is 13.8. The SMILES string of the molecule is C=CC(=O)OCCCCCC(=O)Oc1ccc(C(=O)Oc2ccc(C(=O)O[C@@H](c3ccnc4ccc(CO)cc34)[C@@H]3CC4CCN3C[C@@H]4C=C)cc2)cc1. The summed E-state index contributed by atoms with van der Waals surface area (Å²) >= 11 is 0. The van der Waals surface area contributed by atoms with Crippen LogP contribution in [0.3, 0.4) is 0 Å². The lowest BCUT2D eigenvalue weighted by Crippen LogP contribution is -2.55. The zero-order chi connectivity index (χ0) is 38.0. The third-order valence-electron chi connectivity index (χ3n) is 10.1. The van der Waals surface area contributed by atoms with Crippen molar-refractivity contribution in [3.63, 3.8) is 0 Å². The number of aliphatic hydroxyl groups is 1. The molecule has 0 spiro atoms. The topological polar surface area (TPSA) is 142 Å². The Balaban J connectivity index is 1.07. The average molecular weight is 733 g/mol. The summed E-state index contributed by atoms with van der Waals surface area (Å²) in [5.74, 6) is -0.635. The largest absolute Gasteiger partial charge is 0.463 e. The first-order chi connectivity index (χ1) is 26.3. The summed E-state index contributed by atoms with van der Waals surface area (Å²) in [7, 11) is 0. The highest BCUT2D eigenvalue weighted by Crippen LogP contribution is 2.44. The molecule has 2 unspecified atom stereocenters. The molecular formula is C43H44N2O9. The average Bonchev–Trinajstić information content (AvgIpc) is 3.21. The number of rotatable bonds is 16. The fourth-order valence-corrected chi connectivity index (χ4v) is 7.23. The van der Waals surface area contributed by atoms with Crippen molar-refractivity contribution < 1.29 is 43.2 Å². The Bertz CT molecular complexity index is 1990. The van der Waals surface area contributed by atoms with Crippen molar-refractivity contribution in [1.29, 1.82) is 0 Å². The normalized spacial score (nSPS) is 19.4. The van der Waals surface area contributed by atoms with Crippen LogP contribution in [0.4, 0.5) is 0 Å². The Hall–Kier alpha value is -5.65. The minimum atomic E-state index is -0.619. The lowest BCUT2D eigenvalue weighted by molar-refractivity contribution is -0.138. The van der Waals surface area contributed by atoms with Gasteiger partial charge in [0.2, 0.25) is 0 Å². The molecule has 3 saturated heterocycles. The van der Waals surface area contributed by atoms with Crippen LogP contribution in [0.5, 0.6) is 11.5 Å². The van der Waals surface area contributed by atoms with Gasteiger partial charge in [-0.05, 0) is 123 Å². The molecule has 3 fully saturated rings. The van der Waals surface area contributed by atoms with E-state index in [4.69, 9.17) is 18.9 Å². The van der Waals surface area contributed by atoms with Crippen molar-refractivity contribution in [3.8, 4) is 11.5 Å². The molecule has 3 aliphatic heterocycles. The van der Waals surface area contributed by atoms with Gasteiger partial charge in [0.05, 0.1) is 35.9 Å². The molecule has 11 nitrogen and oxygen atoms in total. The maximum Gasteiger partial charge on any atom is 0.343 e. The Labute approximate surface area is 314 Å². The molecule has 0 radical (unpaired) electrons. The second-order valence-electron chi connectivity index (χ2n) is 13.6. The lowest BCUT2D eigenvalue weighted by Gasteiger charge is -2.51. The Morgan fingerprint density at radius 3 is 2.28 bits per heavy atom. The number of carbonyl (C=O) groups is 4. The molecule has 0 aliphatic carbocycles. The molecule has 7 rings (SSSR count). The number of hydrogen-bond acceptors (Lipinski definition) is 11. The van der Waals surface area contributed by atoms with Crippen molar-refractivity contribution in [1.82, 2.24) is 9.88 Å². The summed E-state index contributed by atoms with van der Waals surface area (Å²) in [6, 6.07) is 19.7. The lowest BCUT2D eigenvalue weighted by atomic mass is 9.73. The molecule has 54 heavy (non-hydrogen) atoms. The molecule has 3 aliphatic rings. The van der Waals surface area contributed by atoms with Gasteiger partial charge in [-0.15, -0.1) is 6.58 Å². The number of benzene rings is 3. The van der Waals surface area contributed by atoms with Gasteiger partial charge in [-0.2, -0.15) is 0 Å². The number of esters is 4. The fraction of sp³-hybridized carbons (Fsp3) is 0.326. The standard InChI is InChI=1S/C43H44N2O9/c1-3-29-26-45-22-20-32(29)25-38(45)41(35-19-21-44-37-18-9-28(27-46)24-36(35)37)54-43(50)31-12-16-34(17-13-31)53-42(49)30-10-14-33(15-11-30)52-40(48)8-6-5-7-23-51-39(47)4-2/h3-4,9-19,21,24,29,32,38,41,46H,1-2,5-8,20,22-23,25-27H2/t29-,32?,38-,41-/m0/s1. The maximum absolute atomic E-state index is 13.8. The summed E-state index contributed by atoms with van der Waals surface area (Å²) in [6.45, 7) is 9.30. The predicted octanol–water partition coefficient (Wildman–Crippen LogP) is 6.94. The van der Waals surface area contributed by atoms with Gasteiger partial charge in [-0.25, -0.2) is 14.4 Å². The number of ether oxygens (including phenoxy) is 4. The van der Waals surface area contributed by atoms with Gasteiger partial charge in [-0.1, -0.05) is 18.7 Å². The summed E-state index contributed by atoms with van der Waals surface area (Å²) in [6.07, 6.45) is 8.30. The molecule has 11 heteroatoms. The fourth-order valence-electron chi connectivity index (χ4n) is 7.23. The molecule has 5 atom stereocenters.